The molecule has 1 atom stereocenters. The fourth-order valence-electron chi connectivity index (χ4n) is 1.96. The molecule has 0 aliphatic rings. The molecule has 3 N–H and O–H groups in total. The van der Waals surface area contributed by atoms with E-state index >= 15 is 0 Å². The Kier molecular flexibility index (Phi) is 5.04. The number of nitrogens with one attached hydrogen (secondary N) is 1. The van der Waals surface area contributed by atoms with Crippen LogP contribution < -0.4 is 11.3 Å². The topological polar surface area (TPSA) is 68.8 Å². The smallest absolute Gasteiger partial charge is 0.107 e. The molecule has 0 aliphatic heterocycles. The van der Waals surface area contributed by atoms with Gasteiger partial charge in [-0.25, -0.2) is 5.43 Å². The van der Waals surface area contributed by atoms with Crippen molar-refractivity contribution in [3.63, 3.8) is 0 Å². The predicted molar refractivity (Wildman–Crippen MR) is 83.7 cm³/mol. The van der Waals surface area contributed by atoms with Crippen LogP contribution in [0.1, 0.15) is 37.3 Å². The number of pyridine rings is 1. The first-order valence-electron chi connectivity index (χ1n) is 5.95. The van der Waals surface area contributed by atoms with Gasteiger partial charge in [-0.1, -0.05) is 23.2 Å². The zero-order valence-corrected chi connectivity index (χ0v) is 14.0. The summed E-state index contributed by atoms with van der Waals surface area (Å²) in [5, 5.41) is 5.26. The second-order valence-corrected chi connectivity index (χ2v) is 6.23. The van der Waals surface area contributed by atoms with E-state index in [9.17, 15) is 0 Å². The minimum absolute atomic E-state index is 0.179. The molecule has 0 bridgehead atoms. The van der Waals surface area contributed by atoms with Gasteiger partial charge in [0.25, 0.3) is 0 Å². The molecule has 0 spiro atoms. The highest BCUT2D eigenvalue weighted by Crippen LogP contribution is 2.33. The van der Waals surface area contributed by atoms with E-state index in [-0.39, 0.29) is 12.1 Å². The second kappa shape index (κ2) is 6.41. The minimum Gasteiger partial charge on any atom is -0.270 e. The Morgan fingerprint density at radius 2 is 2.05 bits per heavy atom. The van der Waals surface area contributed by atoms with E-state index in [2.05, 4.69) is 31.4 Å². The Bertz CT molecular complexity index is 614. The van der Waals surface area contributed by atoms with Gasteiger partial charge < -0.3 is 0 Å². The lowest BCUT2D eigenvalue weighted by molar-refractivity contribution is 0.472. The molecule has 0 radical (unpaired) electrons. The largest absolute Gasteiger partial charge is 0.270 e. The predicted octanol–water partition coefficient (Wildman–Crippen LogP) is 3.48. The molecule has 0 aromatic carbocycles. The average Bonchev–Trinajstić information content (AvgIpc) is 2.75. The van der Waals surface area contributed by atoms with E-state index in [0.29, 0.717) is 15.7 Å². The maximum Gasteiger partial charge on any atom is 0.107 e. The van der Waals surface area contributed by atoms with Gasteiger partial charge >= 0.3 is 0 Å². The minimum atomic E-state index is -0.390. The highest BCUT2D eigenvalue weighted by Gasteiger charge is 2.25. The van der Waals surface area contributed by atoms with Crippen molar-refractivity contribution in [1.82, 2.24) is 20.2 Å². The summed E-state index contributed by atoms with van der Waals surface area (Å²) >= 11 is 15.6. The lowest BCUT2D eigenvalue weighted by Gasteiger charge is -2.20. The van der Waals surface area contributed by atoms with Crippen molar-refractivity contribution < 1.29 is 0 Å². The molecule has 0 fully saturated rings. The Balaban J connectivity index is 2.55. The zero-order valence-electron chi connectivity index (χ0n) is 10.9. The Morgan fingerprint density at radius 1 is 1.35 bits per heavy atom. The molecule has 2 rings (SSSR count). The maximum atomic E-state index is 6.22. The van der Waals surface area contributed by atoms with Crippen molar-refractivity contribution >= 4 is 39.1 Å². The Morgan fingerprint density at radius 3 is 2.60 bits per heavy atom. The van der Waals surface area contributed by atoms with Crippen LogP contribution in [0.25, 0.3) is 0 Å². The van der Waals surface area contributed by atoms with Crippen molar-refractivity contribution in [3.05, 3.63) is 44.4 Å². The molecule has 2 aromatic heterocycles. The van der Waals surface area contributed by atoms with Crippen LogP contribution in [0.5, 0.6) is 0 Å². The van der Waals surface area contributed by atoms with Crippen molar-refractivity contribution in [1.29, 1.82) is 0 Å². The maximum absolute atomic E-state index is 6.22. The Labute approximate surface area is 135 Å². The van der Waals surface area contributed by atoms with Crippen LogP contribution in [-0.2, 0) is 0 Å². The van der Waals surface area contributed by atoms with Crippen LogP contribution in [0.4, 0.5) is 0 Å². The molecule has 0 aliphatic carbocycles. The van der Waals surface area contributed by atoms with Gasteiger partial charge in [0, 0.05) is 12.2 Å². The van der Waals surface area contributed by atoms with Crippen LogP contribution in [0.15, 0.2) is 22.9 Å². The number of hydrogen-bond donors (Lipinski definition) is 2. The van der Waals surface area contributed by atoms with E-state index in [4.69, 9.17) is 29.0 Å². The summed E-state index contributed by atoms with van der Waals surface area (Å²) in [6.07, 6.45) is 3.26. The molecule has 2 heterocycles. The first kappa shape index (κ1) is 15.7. The third-order valence-corrected chi connectivity index (χ3v) is 3.95. The molecular formula is C12H14BrCl2N5. The van der Waals surface area contributed by atoms with E-state index in [1.54, 1.807) is 12.3 Å². The highest BCUT2D eigenvalue weighted by atomic mass is 79.9. The lowest BCUT2D eigenvalue weighted by Crippen LogP contribution is -2.32. The third-order valence-electron chi connectivity index (χ3n) is 2.83. The Hall–Kier alpha value is -0.660. The standard InChI is InChI=1S/C12H14BrCl2N5/c1-6(2)20-12(8(13)5-18-20)11(19-16)10-9(15)3-7(14)4-17-10/h3-6,11,19H,16H2,1-2H3. The van der Waals surface area contributed by atoms with E-state index in [1.165, 1.54) is 6.20 Å². The summed E-state index contributed by atoms with van der Waals surface area (Å²) in [5.41, 5.74) is 4.20. The zero-order chi connectivity index (χ0) is 14.9. The fourth-order valence-corrected chi connectivity index (χ4v) is 2.95. The van der Waals surface area contributed by atoms with Gasteiger partial charge in [0.15, 0.2) is 0 Å². The van der Waals surface area contributed by atoms with Crippen molar-refractivity contribution in [3.8, 4) is 0 Å². The monoisotopic (exact) mass is 377 g/mol. The van der Waals surface area contributed by atoms with Gasteiger partial charge in [-0.15, -0.1) is 0 Å². The summed E-state index contributed by atoms with van der Waals surface area (Å²) in [5.74, 6) is 5.70. The van der Waals surface area contributed by atoms with Crippen molar-refractivity contribution in [2.45, 2.75) is 25.9 Å². The highest BCUT2D eigenvalue weighted by molar-refractivity contribution is 9.10. The SMILES string of the molecule is CC(C)n1ncc(Br)c1C(NN)c1ncc(Cl)cc1Cl. The molecule has 108 valence electrons. The van der Waals surface area contributed by atoms with E-state index in [1.807, 2.05) is 18.5 Å². The number of hydrazine groups is 1. The van der Waals surface area contributed by atoms with Gasteiger partial charge in [-0.05, 0) is 35.8 Å². The van der Waals surface area contributed by atoms with Crippen molar-refractivity contribution in [2.75, 3.05) is 0 Å². The van der Waals surface area contributed by atoms with Crippen LogP contribution in [0.3, 0.4) is 0 Å². The van der Waals surface area contributed by atoms with Gasteiger partial charge in [0.1, 0.15) is 6.04 Å². The van der Waals surface area contributed by atoms with E-state index in [0.717, 1.165) is 10.2 Å². The number of aromatic nitrogens is 3. The van der Waals surface area contributed by atoms with Crippen LogP contribution in [-0.4, -0.2) is 14.8 Å². The molecule has 20 heavy (non-hydrogen) atoms. The molecular weight excluding hydrogens is 365 g/mol. The summed E-state index contributed by atoms with van der Waals surface area (Å²) in [4.78, 5) is 4.28. The molecule has 2 aromatic rings. The van der Waals surface area contributed by atoms with Crippen molar-refractivity contribution in [2.24, 2.45) is 5.84 Å². The summed E-state index contributed by atoms with van der Waals surface area (Å²) in [6, 6.07) is 1.43. The normalized spacial score (nSPS) is 12.9. The average molecular weight is 379 g/mol. The lowest BCUT2D eigenvalue weighted by atomic mass is 10.1. The van der Waals surface area contributed by atoms with E-state index < -0.39 is 0 Å². The number of rotatable bonds is 4. The number of hydrogen-bond acceptors (Lipinski definition) is 4. The van der Waals surface area contributed by atoms with Gasteiger partial charge in [0.2, 0.25) is 0 Å². The molecule has 0 saturated carbocycles. The summed E-state index contributed by atoms with van der Waals surface area (Å²) in [7, 11) is 0. The summed E-state index contributed by atoms with van der Waals surface area (Å²) in [6.45, 7) is 4.07. The fraction of sp³-hybridized carbons (Fsp3) is 0.333. The number of halogens is 3. The first-order chi connectivity index (χ1) is 9.45. The van der Waals surface area contributed by atoms with Gasteiger partial charge in [-0.3, -0.25) is 15.5 Å². The van der Waals surface area contributed by atoms with Crippen LogP contribution >= 0.6 is 39.1 Å². The van der Waals surface area contributed by atoms with Crippen LogP contribution in [0.2, 0.25) is 10.0 Å². The number of nitrogens with two attached hydrogens (primary N) is 1. The third kappa shape index (κ3) is 2.99. The molecule has 1 unspecified atom stereocenters. The quantitative estimate of drug-likeness (QED) is 0.631. The van der Waals surface area contributed by atoms with Gasteiger partial charge in [0.05, 0.1) is 32.1 Å². The molecule has 0 saturated heterocycles. The first-order valence-corrected chi connectivity index (χ1v) is 7.50. The molecule has 8 heteroatoms. The molecule has 5 nitrogen and oxygen atoms in total. The second-order valence-electron chi connectivity index (χ2n) is 4.54. The van der Waals surface area contributed by atoms with Crippen LogP contribution in [0, 0.1) is 0 Å². The van der Waals surface area contributed by atoms with Gasteiger partial charge in [-0.2, -0.15) is 5.10 Å². The number of nitrogens with zero attached hydrogens (tertiary/aromatic N) is 3. The summed E-state index contributed by atoms with van der Waals surface area (Å²) < 4.78 is 2.70. The molecule has 0 amide bonds.